The van der Waals surface area contributed by atoms with E-state index in [1.807, 2.05) is 6.92 Å². The highest BCUT2D eigenvalue weighted by atomic mass is 32.2. The highest BCUT2D eigenvalue weighted by Gasteiger charge is 2.21. The number of nitrogens with zero attached hydrogens (tertiary/aromatic N) is 1. The number of nitro benzene ring substituents is 1. The number of benzene rings is 1. The molecule has 0 saturated heterocycles. The Balaban J connectivity index is 3.04. The van der Waals surface area contributed by atoms with Crippen molar-refractivity contribution in [2.75, 3.05) is 19.5 Å². The second-order valence-electron chi connectivity index (χ2n) is 4.16. The van der Waals surface area contributed by atoms with E-state index in [9.17, 15) is 18.5 Å². The summed E-state index contributed by atoms with van der Waals surface area (Å²) in [5.41, 5.74) is 4.96. The molecule has 0 fully saturated rings. The summed E-state index contributed by atoms with van der Waals surface area (Å²) >= 11 is 0. The maximum atomic E-state index is 12.1. The van der Waals surface area contributed by atoms with Gasteiger partial charge in [-0.3, -0.25) is 10.1 Å². The van der Waals surface area contributed by atoms with Crippen LogP contribution in [-0.2, 0) is 14.8 Å². The summed E-state index contributed by atoms with van der Waals surface area (Å²) in [5.74, 6) is 0. The molecule has 0 radical (unpaired) electrons. The molecule has 9 heteroatoms. The number of nitro groups is 1. The van der Waals surface area contributed by atoms with E-state index in [2.05, 4.69) is 4.72 Å². The van der Waals surface area contributed by atoms with Gasteiger partial charge in [-0.15, -0.1) is 0 Å². The van der Waals surface area contributed by atoms with Crippen LogP contribution in [0.25, 0.3) is 0 Å². The smallest absolute Gasteiger partial charge is 0.292 e. The fraction of sp³-hybridized carbons (Fsp3) is 0.455. The van der Waals surface area contributed by atoms with Gasteiger partial charge in [-0.05, 0) is 18.6 Å². The Morgan fingerprint density at radius 2 is 2.15 bits per heavy atom. The van der Waals surface area contributed by atoms with E-state index in [1.54, 1.807) is 0 Å². The molecule has 0 spiro atoms. The fourth-order valence-corrected chi connectivity index (χ4v) is 2.93. The summed E-state index contributed by atoms with van der Waals surface area (Å²) in [5, 5.41) is 10.6. The molecular formula is C11H17N3O5S. The lowest BCUT2D eigenvalue weighted by molar-refractivity contribution is -0.383. The van der Waals surface area contributed by atoms with E-state index in [-0.39, 0.29) is 28.9 Å². The highest BCUT2D eigenvalue weighted by molar-refractivity contribution is 7.89. The molecule has 0 aromatic heterocycles. The minimum Gasteiger partial charge on any atom is -0.393 e. The van der Waals surface area contributed by atoms with Crippen LogP contribution in [0.4, 0.5) is 11.4 Å². The summed E-state index contributed by atoms with van der Waals surface area (Å²) in [6.45, 7) is 2.05. The monoisotopic (exact) mass is 303 g/mol. The van der Waals surface area contributed by atoms with Gasteiger partial charge in [-0.2, -0.15) is 0 Å². The Hall–Kier alpha value is -1.71. The fourth-order valence-electron chi connectivity index (χ4n) is 1.59. The number of anilines is 1. The average molecular weight is 303 g/mol. The van der Waals surface area contributed by atoms with Gasteiger partial charge < -0.3 is 10.5 Å². The van der Waals surface area contributed by atoms with Crippen molar-refractivity contribution >= 4 is 21.4 Å². The molecule has 1 rings (SSSR count). The number of ether oxygens (including phenoxy) is 1. The van der Waals surface area contributed by atoms with Gasteiger partial charge in [0.2, 0.25) is 10.0 Å². The molecule has 1 aromatic carbocycles. The Morgan fingerprint density at radius 1 is 1.50 bits per heavy atom. The first-order chi connectivity index (χ1) is 9.31. The summed E-state index contributed by atoms with van der Waals surface area (Å²) in [6.07, 6.45) is 0.551. The first-order valence-corrected chi connectivity index (χ1v) is 7.35. The lowest BCUT2D eigenvalue weighted by Crippen LogP contribution is -2.37. The number of hydrogen-bond acceptors (Lipinski definition) is 6. The number of sulfonamides is 1. The van der Waals surface area contributed by atoms with E-state index in [0.717, 1.165) is 18.2 Å². The van der Waals surface area contributed by atoms with E-state index in [1.165, 1.54) is 7.11 Å². The van der Waals surface area contributed by atoms with Crippen molar-refractivity contribution in [3.8, 4) is 0 Å². The van der Waals surface area contributed by atoms with Gasteiger partial charge in [0.05, 0.1) is 16.4 Å². The average Bonchev–Trinajstić information content (AvgIpc) is 2.37. The van der Waals surface area contributed by atoms with E-state index >= 15 is 0 Å². The molecule has 0 saturated carbocycles. The zero-order valence-electron chi connectivity index (χ0n) is 11.2. The van der Waals surface area contributed by atoms with Crippen LogP contribution in [0.2, 0.25) is 0 Å². The van der Waals surface area contributed by atoms with E-state index in [4.69, 9.17) is 10.5 Å². The van der Waals surface area contributed by atoms with Crippen molar-refractivity contribution in [3.05, 3.63) is 28.3 Å². The molecule has 8 nitrogen and oxygen atoms in total. The second kappa shape index (κ2) is 6.64. The van der Waals surface area contributed by atoms with Gasteiger partial charge in [-0.25, -0.2) is 13.1 Å². The summed E-state index contributed by atoms with van der Waals surface area (Å²) in [6, 6.07) is 2.92. The molecule has 3 N–H and O–H groups in total. The quantitative estimate of drug-likeness (QED) is 0.437. The maximum Gasteiger partial charge on any atom is 0.292 e. The van der Waals surface area contributed by atoms with Crippen LogP contribution in [0.5, 0.6) is 0 Å². The Bertz CT molecular complexity index is 588. The largest absolute Gasteiger partial charge is 0.393 e. The van der Waals surface area contributed by atoms with Crippen LogP contribution in [0.15, 0.2) is 23.1 Å². The van der Waals surface area contributed by atoms with Gasteiger partial charge in [0, 0.05) is 19.2 Å². The molecular weight excluding hydrogens is 286 g/mol. The third-order valence-corrected chi connectivity index (χ3v) is 4.21. The van der Waals surface area contributed by atoms with Crippen molar-refractivity contribution in [2.45, 2.75) is 24.3 Å². The number of nitrogens with two attached hydrogens (primary N) is 1. The molecule has 0 heterocycles. The minimum atomic E-state index is -3.79. The van der Waals surface area contributed by atoms with Crippen LogP contribution >= 0.6 is 0 Å². The Kier molecular flexibility index (Phi) is 5.43. The van der Waals surface area contributed by atoms with E-state index < -0.39 is 14.9 Å². The Labute approximate surface area is 117 Å². The molecule has 1 unspecified atom stereocenters. The zero-order chi connectivity index (χ0) is 15.3. The minimum absolute atomic E-state index is 0.116. The summed E-state index contributed by atoms with van der Waals surface area (Å²) in [7, 11) is -2.32. The third kappa shape index (κ3) is 3.89. The van der Waals surface area contributed by atoms with Crippen molar-refractivity contribution in [1.29, 1.82) is 0 Å². The molecule has 0 aliphatic carbocycles. The number of rotatable bonds is 7. The van der Waals surface area contributed by atoms with Gasteiger partial charge >= 0.3 is 0 Å². The third-order valence-electron chi connectivity index (χ3n) is 2.69. The first-order valence-electron chi connectivity index (χ1n) is 5.87. The predicted octanol–water partition coefficient (Wildman–Crippen LogP) is 0.880. The number of nitrogens with one attached hydrogen (secondary N) is 1. The lowest BCUT2D eigenvalue weighted by atomic mass is 10.3. The number of nitrogen functional groups attached to an aromatic ring is 1. The molecule has 1 aromatic rings. The first kappa shape index (κ1) is 16.3. The zero-order valence-corrected chi connectivity index (χ0v) is 12.0. The topological polar surface area (TPSA) is 125 Å². The van der Waals surface area contributed by atoms with Gasteiger partial charge in [0.15, 0.2) is 0 Å². The molecule has 1 atom stereocenters. The molecule has 0 aliphatic rings. The van der Waals surface area contributed by atoms with Crippen LogP contribution in [0.1, 0.15) is 13.3 Å². The van der Waals surface area contributed by atoms with Gasteiger partial charge in [0.25, 0.3) is 5.69 Å². The van der Waals surface area contributed by atoms with Crippen LogP contribution in [0, 0.1) is 10.1 Å². The van der Waals surface area contributed by atoms with Gasteiger partial charge in [-0.1, -0.05) is 6.92 Å². The predicted molar refractivity (Wildman–Crippen MR) is 73.8 cm³/mol. The van der Waals surface area contributed by atoms with Crippen molar-refractivity contribution in [1.82, 2.24) is 4.72 Å². The van der Waals surface area contributed by atoms with Crippen LogP contribution < -0.4 is 10.5 Å². The maximum absolute atomic E-state index is 12.1. The summed E-state index contributed by atoms with van der Waals surface area (Å²) < 4.78 is 31.6. The lowest BCUT2D eigenvalue weighted by Gasteiger charge is -2.16. The highest BCUT2D eigenvalue weighted by Crippen LogP contribution is 2.24. The molecule has 0 amide bonds. The molecule has 0 aliphatic heterocycles. The van der Waals surface area contributed by atoms with Crippen LogP contribution in [0.3, 0.4) is 0 Å². The standard InChI is InChI=1S/C11H17N3O5S/c1-3-8(7-19-2)13-20(17,18)9-4-5-11(14(15)16)10(12)6-9/h4-6,8,13H,3,7,12H2,1-2H3. The molecule has 0 bridgehead atoms. The summed E-state index contributed by atoms with van der Waals surface area (Å²) in [4.78, 5) is 9.85. The Morgan fingerprint density at radius 3 is 2.60 bits per heavy atom. The van der Waals surface area contributed by atoms with Crippen molar-refractivity contribution < 1.29 is 18.1 Å². The SMILES string of the molecule is CCC(COC)NS(=O)(=O)c1ccc([N+](=O)[O-])c(N)c1. The van der Waals surface area contributed by atoms with Gasteiger partial charge in [0.1, 0.15) is 5.69 Å². The number of hydrogen-bond donors (Lipinski definition) is 2. The van der Waals surface area contributed by atoms with E-state index in [0.29, 0.717) is 6.42 Å². The second-order valence-corrected chi connectivity index (χ2v) is 5.87. The van der Waals surface area contributed by atoms with Crippen LogP contribution in [-0.4, -0.2) is 33.1 Å². The normalized spacial score (nSPS) is 13.1. The van der Waals surface area contributed by atoms with Crippen molar-refractivity contribution in [2.24, 2.45) is 0 Å². The van der Waals surface area contributed by atoms with Crippen molar-refractivity contribution in [3.63, 3.8) is 0 Å². The molecule has 112 valence electrons. The molecule has 20 heavy (non-hydrogen) atoms. The number of methoxy groups -OCH3 is 1.